The van der Waals surface area contributed by atoms with Crippen molar-refractivity contribution in [3.05, 3.63) is 52.0 Å². The molecular formula is C16H25Cl2N3S. The fraction of sp³-hybridized carbons (Fsp3) is 0.438. The number of halogens is 2. The van der Waals surface area contributed by atoms with Gasteiger partial charge in [0.1, 0.15) is 0 Å². The van der Waals surface area contributed by atoms with Gasteiger partial charge in [-0.1, -0.05) is 30.3 Å². The molecule has 2 N–H and O–H groups in total. The zero-order valence-electron chi connectivity index (χ0n) is 12.9. The number of aryl methyl sites for hydroxylation is 1. The molecule has 2 aromatic rings. The summed E-state index contributed by atoms with van der Waals surface area (Å²) in [5, 5.41) is 0. The number of nitrogens with two attached hydrogens (primary N) is 1. The van der Waals surface area contributed by atoms with Gasteiger partial charge in [0.2, 0.25) is 0 Å². The summed E-state index contributed by atoms with van der Waals surface area (Å²) in [5.41, 5.74) is 10.2. The van der Waals surface area contributed by atoms with Gasteiger partial charge in [-0.15, -0.1) is 36.2 Å². The van der Waals surface area contributed by atoms with E-state index in [1.165, 1.54) is 16.1 Å². The molecule has 0 radical (unpaired) electrons. The third-order valence-electron chi connectivity index (χ3n) is 3.50. The molecule has 0 fully saturated rings. The lowest BCUT2D eigenvalue weighted by atomic mass is 10.1. The fourth-order valence-corrected chi connectivity index (χ4v) is 3.05. The Morgan fingerprint density at radius 2 is 1.73 bits per heavy atom. The normalized spacial score (nSPS) is 10.1. The minimum absolute atomic E-state index is 0. The molecule has 2 rings (SSSR count). The Hall–Kier alpha value is -0.650. The van der Waals surface area contributed by atoms with Crippen molar-refractivity contribution in [2.75, 3.05) is 26.2 Å². The molecule has 6 heteroatoms. The molecule has 0 aliphatic rings. The van der Waals surface area contributed by atoms with Crippen LogP contribution in [0.2, 0.25) is 0 Å². The van der Waals surface area contributed by atoms with Crippen molar-refractivity contribution in [2.24, 2.45) is 5.73 Å². The molecule has 1 heterocycles. The first-order chi connectivity index (χ1) is 9.79. The number of benzene rings is 1. The van der Waals surface area contributed by atoms with Crippen molar-refractivity contribution in [2.45, 2.75) is 19.8 Å². The molecule has 124 valence electrons. The van der Waals surface area contributed by atoms with Crippen LogP contribution in [0.1, 0.15) is 16.1 Å². The molecule has 0 spiro atoms. The van der Waals surface area contributed by atoms with Crippen LogP contribution in [0.15, 0.2) is 35.8 Å². The van der Waals surface area contributed by atoms with E-state index >= 15 is 0 Å². The van der Waals surface area contributed by atoms with Crippen LogP contribution in [0.25, 0.3) is 0 Å². The van der Waals surface area contributed by atoms with Crippen molar-refractivity contribution in [3.63, 3.8) is 0 Å². The van der Waals surface area contributed by atoms with E-state index in [0.29, 0.717) is 0 Å². The summed E-state index contributed by atoms with van der Waals surface area (Å²) < 4.78 is 0. The molecule has 0 aliphatic carbocycles. The monoisotopic (exact) mass is 361 g/mol. The Bertz CT molecular complexity index is 505. The summed E-state index contributed by atoms with van der Waals surface area (Å²) in [6.45, 7) is 5.90. The van der Waals surface area contributed by atoms with Crippen LogP contribution in [-0.4, -0.2) is 36.1 Å². The molecule has 0 atom stereocenters. The first-order valence-corrected chi connectivity index (χ1v) is 8.03. The number of hydrogen-bond donors (Lipinski definition) is 1. The largest absolute Gasteiger partial charge is 0.329 e. The minimum atomic E-state index is 0. The molecule has 1 aromatic heterocycles. The third-order valence-corrected chi connectivity index (χ3v) is 4.50. The summed E-state index contributed by atoms with van der Waals surface area (Å²) in [6.07, 6.45) is 2.16. The van der Waals surface area contributed by atoms with Crippen molar-refractivity contribution in [3.8, 4) is 0 Å². The maximum atomic E-state index is 5.73. The summed E-state index contributed by atoms with van der Waals surface area (Å²) >= 11 is 1.76. The summed E-state index contributed by atoms with van der Waals surface area (Å²) in [6, 6.07) is 10.6. The molecule has 1 aromatic carbocycles. The minimum Gasteiger partial charge on any atom is -0.329 e. The Morgan fingerprint density at radius 1 is 1.05 bits per heavy atom. The smallest absolute Gasteiger partial charge is 0.0797 e. The van der Waals surface area contributed by atoms with Gasteiger partial charge in [-0.2, -0.15) is 0 Å². The lowest BCUT2D eigenvalue weighted by molar-refractivity contribution is 0.288. The summed E-state index contributed by atoms with van der Waals surface area (Å²) in [5.74, 6) is 0. The fourth-order valence-electron chi connectivity index (χ4n) is 2.28. The molecular weight excluding hydrogens is 337 g/mol. The number of aromatic nitrogens is 1. The molecule has 0 saturated heterocycles. The van der Waals surface area contributed by atoms with Crippen LogP contribution in [0.4, 0.5) is 0 Å². The first-order valence-electron chi connectivity index (χ1n) is 7.15. The van der Waals surface area contributed by atoms with Gasteiger partial charge in [-0.05, 0) is 25.3 Å². The lowest BCUT2D eigenvalue weighted by Crippen LogP contribution is -2.33. The van der Waals surface area contributed by atoms with E-state index in [1.807, 2.05) is 5.51 Å². The molecule has 0 amide bonds. The highest BCUT2D eigenvalue weighted by Crippen LogP contribution is 2.13. The molecule has 0 aliphatic heterocycles. The molecule has 0 bridgehead atoms. The quantitative estimate of drug-likeness (QED) is 0.783. The van der Waals surface area contributed by atoms with E-state index in [1.54, 1.807) is 11.3 Å². The maximum absolute atomic E-state index is 5.73. The molecule has 0 saturated carbocycles. The van der Waals surface area contributed by atoms with E-state index in [-0.39, 0.29) is 24.8 Å². The van der Waals surface area contributed by atoms with Gasteiger partial charge in [0, 0.05) is 31.1 Å². The standard InChI is InChI=1S/C16H23N3S.2ClH/c1-14-16(20-13-18-14)8-11-19(12-9-17)10-7-15-5-3-2-4-6-15;;/h2-6,13H,7-12,17H2,1H3;2*1H. The van der Waals surface area contributed by atoms with E-state index in [0.717, 1.165) is 39.0 Å². The molecule has 3 nitrogen and oxygen atoms in total. The van der Waals surface area contributed by atoms with E-state index in [9.17, 15) is 0 Å². The summed E-state index contributed by atoms with van der Waals surface area (Å²) in [4.78, 5) is 8.16. The first kappa shape index (κ1) is 21.4. The average molecular weight is 362 g/mol. The van der Waals surface area contributed by atoms with E-state index in [4.69, 9.17) is 5.73 Å². The van der Waals surface area contributed by atoms with Crippen molar-refractivity contribution < 1.29 is 0 Å². The van der Waals surface area contributed by atoms with Gasteiger partial charge in [-0.25, -0.2) is 4.98 Å². The van der Waals surface area contributed by atoms with Crippen LogP contribution < -0.4 is 5.73 Å². The van der Waals surface area contributed by atoms with E-state index < -0.39 is 0 Å². The van der Waals surface area contributed by atoms with Gasteiger partial charge in [0.15, 0.2) is 0 Å². The zero-order chi connectivity index (χ0) is 14.2. The van der Waals surface area contributed by atoms with E-state index in [2.05, 4.69) is 47.1 Å². The average Bonchev–Trinajstić information content (AvgIpc) is 2.88. The highest BCUT2D eigenvalue weighted by Gasteiger charge is 2.07. The number of rotatable bonds is 8. The van der Waals surface area contributed by atoms with Crippen LogP contribution in [-0.2, 0) is 12.8 Å². The predicted molar refractivity (Wildman–Crippen MR) is 101 cm³/mol. The zero-order valence-corrected chi connectivity index (χ0v) is 15.4. The topological polar surface area (TPSA) is 42.2 Å². The summed E-state index contributed by atoms with van der Waals surface area (Å²) in [7, 11) is 0. The van der Waals surface area contributed by atoms with Gasteiger partial charge in [0.25, 0.3) is 0 Å². The van der Waals surface area contributed by atoms with Crippen LogP contribution in [0.5, 0.6) is 0 Å². The number of hydrogen-bond acceptors (Lipinski definition) is 4. The SMILES string of the molecule is Cc1ncsc1CCN(CCN)CCc1ccccc1.Cl.Cl. The molecule has 22 heavy (non-hydrogen) atoms. The maximum Gasteiger partial charge on any atom is 0.0797 e. The third kappa shape index (κ3) is 7.07. The van der Waals surface area contributed by atoms with Gasteiger partial charge in [-0.3, -0.25) is 0 Å². The Kier molecular flexibility index (Phi) is 11.5. The van der Waals surface area contributed by atoms with Gasteiger partial charge < -0.3 is 10.6 Å². The highest BCUT2D eigenvalue weighted by atomic mass is 35.5. The van der Waals surface area contributed by atoms with Crippen molar-refractivity contribution in [1.82, 2.24) is 9.88 Å². The van der Waals surface area contributed by atoms with Gasteiger partial charge >= 0.3 is 0 Å². The second-order valence-corrected chi connectivity index (χ2v) is 5.92. The number of nitrogens with zero attached hydrogens (tertiary/aromatic N) is 2. The van der Waals surface area contributed by atoms with Crippen molar-refractivity contribution >= 4 is 36.2 Å². The van der Waals surface area contributed by atoms with Crippen molar-refractivity contribution in [1.29, 1.82) is 0 Å². The second kappa shape index (κ2) is 11.9. The van der Waals surface area contributed by atoms with Gasteiger partial charge in [0.05, 0.1) is 11.2 Å². The highest BCUT2D eigenvalue weighted by molar-refractivity contribution is 7.09. The lowest BCUT2D eigenvalue weighted by Gasteiger charge is -2.21. The van der Waals surface area contributed by atoms with Crippen LogP contribution in [0.3, 0.4) is 0 Å². The second-order valence-electron chi connectivity index (χ2n) is 4.98. The Morgan fingerprint density at radius 3 is 2.32 bits per heavy atom. The van der Waals surface area contributed by atoms with Crippen LogP contribution >= 0.6 is 36.2 Å². The molecule has 0 unspecified atom stereocenters. The Labute approximate surface area is 149 Å². The number of thiazole rings is 1. The Balaban J connectivity index is 0.00000220. The predicted octanol–water partition coefficient (Wildman–Crippen LogP) is 3.34. The van der Waals surface area contributed by atoms with Crippen LogP contribution in [0, 0.1) is 6.92 Å².